The highest BCUT2D eigenvalue weighted by Gasteiger charge is 2.27. The van der Waals surface area contributed by atoms with E-state index in [9.17, 15) is 13.2 Å². The van der Waals surface area contributed by atoms with Gasteiger partial charge in [-0.1, -0.05) is 4.49 Å². The minimum Gasteiger partial charge on any atom is -0.497 e. The number of methoxy groups -OCH3 is 1. The normalized spacial score (nSPS) is 15.6. The van der Waals surface area contributed by atoms with Crippen LogP contribution in [0.4, 0.5) is 0 Å². The molecule has 3 rings (SSSR count). The molecule has 1 N–H and O–H groups in total. The summed E-state index contributed by atoms with van der Waals surface area (Å²) < 4.78 is 36.9. The summed E-state index contributed by atoms with van der Waals surface area (Å²) in [6.45, 7) is 5.09. The molecule has 0 saturated carbocycles. The van der Waals surface area contributed by atoms with Crippen LogP contribution >= 0.6 is 11.5 Å². The van der Waals surface area contributed by atoms with E-state index in [0.717, 1.165) is 24.4 Å². The Hall–Kier alpha value is -2.04. The lowest BCUT2D eigenvalue weighted by molar-refractivity contribution is 0.0696. The van der Waals surface area contributed by atoms with Crippen molar-refractivity contribution in [3.05, 3.63) is 34.3 Å². The van der Waals surface area contributed by atoms with Crippen LogP contribution in [0.5, 0.6) is 5.75 Å². The molecule has 0 aliphatic carbocycles. The molecule has 0 atom stereocenters. The fraction of sp³-hybridized carbons (Fsp3) is 0.500. The second-order valence-corrected chi connectivity index (χ2v) is 9.40. The average Bonchev–Trinajstić information content (AvgIpc) is 3.12. The van der Waals surface area contributed by atoms with E-state index in [4.69, 9.17) is 4.74 Å². The summed E-state index contributed by atoms with van der Waals surface area (Å²) in [5, 5.41) is 3.89. The minimum absolute atomic E-state index is 0.0413. The fourth-order valence-corrected chi connectivity index (χ4v) is 5.23. The van der Waals surface area contributed by atoms with Gasteiger partial charge in [0.1, 0.15) is 10.6 Å². The number of piperidine rings is 1. The van der Waals surface area contributed by atoms with E-state index in [1.165, 1.54) is 0 Å². The maximum Gasteiger partial charge on any atom is 0.267 e. The molecule has 2 heterocycles. The molecule has 2 aromatic rings. The number of benzene rings is 1. The number of carbonyl (C=O) groups is 1. The first-order chi connectivity index (χ1) is 13.3. The zero-order chi connectivity index (χ0) is 20.3. The summed E-state index contributed by atoms with van der Waals surface area (Å²) in [6.07, 6.45) is 1.50. The van der Waals surface area contributed by atoms with Gasteiger partial charge in [0.25, 0.3) is 5.91 Å². The number of hydrogen-bond acceptors (Lipinski definition) is 7. The third-order valence-electron chi connectivity index (χ3n) is 4.98. The van der Waals surface area contributed by atoms with Crippen molar-refractivity contribution in [1.82, 2.24) is 19.2 Å². The van der Waals surface area contributed by atoms with E-state index in [0.29, 0.717) is 41.5 Å². The van der Waals surface area contributed by atoms with Gasteiger partial charge in [-0.25, -0.2) is 13.1 Å². The molecule has 0 radical (unpaired) electrons. The van der Waals surface area contributed by atoms with Gasteiger partial charge in [0.2, 0.25) is 10.0 Å². The van der Waals surface area contributed by atoms with Crippen LogP contribution in [0.3, 0.4) is 0 Å². The molecule has 1 aliphatic rings. The van der Waals surface area contributed by atoms with E-state index < -0.39 is 10.0 Å². The molecule has 1 amide bonds. The summed E-state index contributed by atoms with van der Waals surface area (Å²) in [4.78, 5) is 15.1. The highest BCUT2D eigenvalue weighted by Crippen LogP contribution is 2.23. The molecule has 0 spiro atoms. The van der Waals surface area contributed by atoms with Gasteiger partial charge in [-0.05, 0) is 67.9 Å². The van der Waals surface area contributed by atoms with Crippen LogP contribution in [0.25, 0.3) is 0 Å². The quantitative estimate of drug-likeness (QED) is 0.761. The maximum absolute atomic E-state index is 12.6. The predicted molar refractivity (Wildman–Crippen MR) is 106 cm³/mol. The number of carbonyl (C=O) groups excluding carboxylic acids is 1. The Morgan fingerprint density at radius 2 is 2.04 bits per heavy atom. The first-order valence-electron chi connectivity index (χ1n) is 9.04. The molecule has 1 saturated heterocycles. The van der Waals surface area contributed by atoms with Crippen LogP contribution in [0, 0.1) is 19.8 Å². The molecule has 152 valence electrons. The zero-order valence-corrected chi connectivity index (χ0v) is 17.8. The number of sulfonamides is 1. The van der Waals surface area contributed by atoms with E-state index >= 15 is 0 Å². The zero-order valence-electron chi connectivity index (χ0n) is 16.1. The highest BCUT2D eigenvalue weighted by molar-refractivity contribution is 7.89. The predicted octanol–water partition coefficient (Wildman–Crippen LogP) is 1.99. The largest absolute Gasteiger partial charge is 0.497 e. The van der Waals surface area contributed by atoms with Gasteiger partial charge in [-0.15, -0.1) is 5.10 Å². The smallest absolute Gasteiger partial charge is 0.267 e. The number of ether oxygens (including phenoxy) is 1. The van der Waals surface area contributed by atoms with Gasteiger partial charge in [-0.2, -0.15) is 0 Å². The monoisotopic (exact) mass is 424 g/mol. The summed E-state index contributed by atoms with van der Waals surface area (Å²) in [7, 11) is -2.04. The van der Waals surface area contributed by atoms with Crippen molar-refractivity contribution in [2.75, 3.05) is 26.7 Å². The molecule has 28 heavy (non-hydrogen) atoms. The van der Waals surface area contributed by atoms with Gasteiger partial charge >= 0.3 is 0 Å². The molecule has 10 heteroatoms. The number of hydrogen-bond donors (Lipinski definition) is 1. The number of aryl methyl sites for hydroxylation is 2. The van der Waals surface area contributed by atoms with Gasteiger partial charge in [0.15, 0.2) is 0 Å². The first-order valence-corrected chi connectivity index (χ1v) is 11.3. The highest BCUT2D eigenvalue weighted by atomic mass is 32.2. The Labute approximate surface area is 169 Å². The maximum atomic E-state index is 12.6. The number of aromatic nitrogens is 2. The Kier molecular flexibility index (Phi) is 6.31. The Balaban J connectivity index is 1.55. The summed E-state index contributed by atoms with van der Waals surface area (Å²) in [5.74, 6) is 0.776. The molecular formula is C18H24N4O4S2. The Bertz CT molecular complexity index is 950. The molecule has 1 aliphatic heterocycles. The van der Waals surface area contributed by atoms with Crippen LogP contribution in [-0.4, -0.2) is 55.6 Å². The van der Waals surface area contributed by atoms with Gasteiger partial charge < -0.3 is 9.64 Å². The van der Waals surface area contributed by atoms with Crippen LogP contribution in [0.2, 0.25) is 0 Å². The average molecular weight is 425 g/mol. The molecule has 1 aromatic heterocycles. The summed E-state index contributed by atoms with van der Waals surface area (Å²) in [6, 6.07) is 4.90. The topological polar surface area (TPSA) is 101 Å². The standard InChI is InChI=1S/C18H24N4O4S2/c1-12-10-15(26-3)4-5-16(12)28(24,25)19-11-14-6-8-22(9-7-14)18(23)17-13(2)20-21-27-17/h4-5,10,14,19H,6-9,11H2,1-3H3. The summed E-state index contributed by atoms with van der Waals surface area (Å²) >= 11 is 1.11. The molecular weight excluding hydrogens is 400 g/mol. The Morgan fingerprint density at radius 3 is 2.61 bits per heavy atom. The third-order valence-corrected chi connectivity index (χ3v) is 7.38. The van der Waals surface area contributed by atoms with Crippen molar-refractivity contribution < 1.29 is 17.9 Å². The summed E-state index contributed by atoms with van der Waals surface area (Å²) in [5.41, 5.74) is 1.29. The molecule has 1 aromatic carbocycles. The fourth-order valence-electron chi connectivity index (χ4n) is 3.27. The van der Waals surface area contributed by atoms with E-state index in [-0.39, 0.29) is 16.7 Å². The first kappa shape index (κ1) is 20.7. The van der Waals surface area contributed by atoms with Crippen molar-refractivity contribution in [1.29, 1.82) is 0 Å². The lowest BCUT2D eigenvalue weighted by Gasteiger charge is -2.31. The lowest BCUT2D eigenvalue weighted by atomic mass is 9.97. The van der Waals surface area contributed by atoms with E-state index in [1.54, 1.807) is 44.1 Å². The van der Waals surface area contributed by atoms with E-state index in [2.05, 4.69) is 14.3 Å². The SMILES string of the molecule is COc1ccc(S(=O)(=O)NCC2CCN(C(=O)c3snnc3C)CC2)c(C)c1. The number of amides is 1. The third kappa shape index (κ3) is 4.50. The van der Waals surface area contributed by atoms with Crippen molar-refractivity contribution in [3.63, 3.8) is 0 Å². The second-order valence-electron chi connectivity index (χ2n) is 6.91. The minimum atomic E-state index is -3.59. The van der Waals surface area contributed by atoms with Crippen molar-refractivity contribution >= 4 is 27.5 Å². The van der Waals surface area contributed by atoms with Gasteiger partial charge in [0, 0.05) is 19.6 Å². The second kappa shape index (κ2) is 8.54. The van der Waals surface area contributed by atoms with Crippen molar-refractivity contribution in [2.45, 2.75) is 31.6 Å². The molecule has 1 fully saturated rings. The number of nitrogens with one attached hydrogen (secondary N) is 1. The van der Waals surface area contributed by atoms with Crippen LogP contribution in [-0.2, 0) is 10.0 Å². The Morgan fingerprint density at radius 1 is 1.32 bits per heavy atom. The van der Waals surface area contributed by atoms with Gasteiger partial charge in [0.05, 0.1) is 17.7 Å². The van der Waals surface area contributed by atoms with Crippen LogP contribution in [0.1, 0.15) is 33.8 Å². The van der Waals surface area contributed by atoms with Crippen molar-refractivity contribution in [3.8, 4) is 5.75 Å². The lowest BCUT2D eigenvalue weighted by Crippen LogP contribution is -2.41. The van der Waals surface area contributed by atoms with E-state index in [1.807, 2.05) is 0 Å². The van der Waals surface area contributed by atoms with Crippen LogP contribution < -0.4 is 9.46 Å². The molecule has 8 nitrogen and oxygen atoms in total. The van der Waals surface area contributed by atoms with Crippen molar-refractivity contribution in [2.24, 2.45) is 5.92 Å². The van der Waals surface area contributed by atoms with Gasteiger partial charge in [-0.3, -0.25) is 4.79 Å². The van der Waals surface area contributed by atoms with Crippen LogP contribution in [0.15, 0.2) is 23.1 Å². The molecule has 0 bridgehead atoms. The number of likely N-dealkylation sites (tertiary alicyclic amines) is 1. The molecule has 0 unspecified atom stereocenters. The number of nitrogens with zero attached hydrogens (tertiary/aromatic N) is 3. The number of rotatable bonds is 6.